The molecule has 0 aliphatic heterocycles. The molecule has 0 saturated carbocycles. The maximum absolute atomic E-state index is 11.1. The third-order valence-electron chi connectivity index (χ3n) is 1.28. The van der Waals surface area contributed by atoms with Crippen molar-refractivity contribution in [2.75, 3.05) is 0 Å². The van der Waals surface area contributed by atoms with Crippen molar-refractivity contribution in [3.63, 3.8) is 0 Å². The van der Waals surface area contributed by atoms with E-state index in [2.05, 4.69) is 6.92 Å². The van der Waals surface area contributed by atoms with Crippen molar-refractivity contribution in [1.29, 1.82) is 0 Å². The first-order valence-electron chi connectivity index (χ1n) is 8.69. The average molecular weight is 396 g/mol. The van der Waals surface area contributed by atoms with Crippen LogP contribution < -0.4 is 20.4 Å². The molecule has 0 rings (SSSR count). The number of allylic oxidation sites excluding steroid dienone is 1. The van der Waals surface area contributed by atoms with Crippen molar-refractivity contribution in [3.8, 4) is 0 Å². The molecule has 0 aromatic carbocycles. The van der Waals surface area contributed by atoms with Crippen molar-refractivity contribution in [2.45, 2.75) is 112 Å². The number of hydrogen-bond acceptors (Lipinski definition) is 5. The molecule has 25 heavy (non-hydrogen) atoms. The normalized spacial score (nSPS) is 10.6. The summed E-state index contributed by atoms with van der Waals surface area (Å²) in [7, 11) is 0. The Morgan fingerprint density at radius 2 is 1.16 bits per heavy atom. The summed E-state index contributed by atoms with van der Waals surface area (Å²) in [4.78, 5) is 0. The largest absolute Gasteiger partial charge is 4.00 e. The molecule has 0 bridgehead atoms. The Morgan fingerprint density at radius 1 is 0.880 bits per heavy atom. The van der Waals surface area contributed by atoms with Gasteiger partial charge in [0.15, 0.2) is 0 Å². The van der Waals surface area contributed by atoms with Gasteiger partial charge in [0.2, 0.25) is 0 Å². The van der Waals surface area contributed by atoms with Gasteiger partial charge in [0.05, 0.1) is 0 Å². The van der Waals surface area contributed by atoms with Crippen molar-refractivity contribution in [3.05, 3.63) is 12.0 Å². The zero-order valence-electron chi connectivity index (χ0n) is 18.0. The van der Waals surface area contributed by atoms with E-state index in [1.54, 1.807) is 47.6 Å². The second-order valence-corrected chi connectivity index (χ2v) is 7.03. The molecule has 0 amide bonds. The van der Waals surface area contributed by atoms with Gasteiger partial charge in [-0.1, -0.05) is 88.2 Å². The molecule has 0 aliphatic carbocycles. The van der Waals surface area contributed by atoms with Gasteiger partial charge in [0.25, 0.3) is 0 Å². The minimum Gasteiger partial charge on any atom is -0.852 e. The quantitative estimate of drug-likeness (QED) is 0.407. The molecule has 0 N–H and O–H groups in total. The number of rotatable bonds is 4. The zero-order chi connectivity index (χ0) is 20.3. The third-order valence-corrected chi connectivity index (χ3v) is 1.28. The molecule has 0 atom stereocenters. The zero-order valence-corrected chi connectivity index (χ0v) is 19.5. The van der Waals surface area contributed by atoms with E-state index in [0.29, 0.717) is 0 Å². The third kappa shape index (κ3) is 117. The van der Waals surface area contributed by atoms with E-state index in [0.717, 1.165) is 19.3 Å². The monoisotopic (exact) mass is 396 g/mol. The summed E-state index contributed by atoms with van der Waals surface area (Å²) in [5.74, 6) is -0.198. The van der Waals surface area contributed by atoms with Gasteiger partial charge in [-0.05, 0) is 6.42 Å². The maximum atomic E-state index is 11.1. The molecule has 0 spiro atoms. The van der Waals surface area contributed by atoms with Crippen LogP contribution in [0.2, 0.25) is 0 Å². The van der Waals surface area contributed by atoms with Gasteiger partial charge in [0, 0.05) is 11.5 Å². The molecule has 150 valence electrons. The van der Waals surface area contributed by atoms with Crippen LogP contribution in [0.3, 0.4) is 0 Å². The molecule has 0 aromatic heterocycles. The Morgan fingerprint density at radius 3 is 1.36 bits per heavy atom. The van der Waals surface area contributed by atoms with E-state index < -0.39 is 18.3 Å². The van der Waals surface area contributed by atoms with Gasteiger partial charge in [-0.25, -0.2) is 0 Å². The van der Waals surface area contributed by atoms with Crippen LogP contribution >= 0.6 is 0 Å². The van der Waals surface area contributed by atoms with Crippen LogP contribution in [0.15, 0.2) is 12.0 Å². The van der Waals surface area contributed by atoms with E-state index in [-0.39, 0.29) is 33.3 Å². The molecule has 0 heterocycles. The van der Waals surface area contributed by atoms with E-state index in [1.807, 2.05) is 20.8 Å². The minimum absolute atomic E-state index is 0. The predicted molar refractivity (Wildman–Crippen MR) is 93.9 cm³/mol. The first kappa shape index (κ1) is 35.9. The number of unbranched alkanes of at least 4 members (excludes halogenated alkanes) is 2. The first-order chi connectivity index (χ1) is 10.7. The summed E-state index contributed by atoms with van der Waals surface area (Å²) in [6, 6.07) is 0. The molecular formula is C19H40O5Ti. The van der Waals surface area contributed by atoms with Gasteiger partial charge in [-0.3, -0.25) is 0 Å². The summed E-state index contributed by atoms with van der Waals surface area (Å²) in [5.41, 5.74) is -0.361. The van der Waals surface area contributed by atoms with E-state index in [4.69, 9.17) is 4.74 Å². The van der Waals surface area contributed by atoms with Gasteiger partial charge in [0.1, 0.15) is 0 Å². The average Bonchev–Trinajstić information content (AvgIpc) is 2.24. The van der Waals surface area contributed by atoms with Gasteiger partial charge >= 0.3 is 21.7 Å². The molecule has 0 aromatic rings. The molecule has 0 fully saturated rings. The summed E-state index contributed by atoms with van der Waals surface area (Å²) in [6.07, 6.45) is 3.36. The number of ether oxygens (including phenoxy) is 1. The van der Waals surface area contributed by atoms with Gasteiger partial charge < -0.3 is 25.2 Å². The van der Waals surface area contributed by atoms with Crippen LogP contribution in [0.25, 0.3) is 0 Å². The fourth-order valence-electron chi connectivity index (χ4n) is 0.767. The van der Waals surface area contributed by atoms with Crippen molar-refractivity contribution < 1.29 is 46.9 Å². The molecule has 0 unspecified atom stereocenters. The summed E-state index contributed by atoms with van der Waals surface area (Å²) < 4.78 is 5.09. The van der Waals surface area contributed by atoms with Crippen molar-refractivity contribution >= 4 is 0 Å². The SMILES string of the molecule is CC(C)[O-].CC(C)[O-].CC(C)[O-].CCCC/C=C(/[O-])OC(C)(C)C.[Ti+4]. The van der Waals surface area contributed by atoms with Gasteiger partial charge in [-0.2, -0.15) is 0 Å². The summed E-state index contributed by atoms with van der Waals surface area (Å²) >= 11 is 0. The molecule has 0 radical (unpaired) electrons. The fraction of sp³-hybridized carbons (Fsp3) is 0.895. The fourth-order valence-corrected chi connectivity index (χ4v) is 0.767. The molecule has 5 nitrogen and oxygen atoms in total. The van der Waals surface area contributed by atoms with E-state index in [1.165, 1.54) is 0 Å². The minimum atomic E-state index is -0.417. The Bertz CT molecular complexity index is 237. The molecular weight excluding hydrogens is 356 g/mol. The maximum Gasteiger partial charge on any atom is 4.00 e. The van der Waals surface area contributed by atoms with Crippen LogP contribution in [0, 0.1) is 0 Å². The Labute approximate surface area is 171 Å². The second kappa shape index (κ2) is 23.9. The molecule has 0 aliphatic rings. The smallest absolute Gasteiger partial charge is 0.852 e. The summed E-state index contributed by atoms with van der Waals surface area (Å²) in [6.45, 7) is 17.4. The van der Waals surface area contributed by atoms with E-state index in [9.17, 15) is 20.4 Å². The topological polar surface area (TPSA) is 101 Å². The predicted octanol–water partition coefficient (Wildman–Crippen LogP) is 1.46. The van der Waals surface area contributed by atoms with Crippen LogP contribution in [0.4, 0.5) is 0 Å². The Hall–Kier alpha value is -0.0657. The van der Waals surface area contributed by atoms with Crippen molar-refractivity contribution in [1.82, 2.24) is 0 Å². The standard InChI is InChI=1S/C10H20O2.3C3H7O.Ti/c1-5-6-7-8-9(11)12-10(2,3)4;3*1-3(2)4;/h8,11H,5-7H2,1-4H3;3*3H,1-2H3;/q;3*-1;+4/p-1/b9-8-;;;;. The molecule has 6 heteroatoms. The molecule has 0 saturated heterocycles. The van der Waals surface area contributed by atoms with Crippen molar-refractivity contribution in [2.24, 2.45) is 0 Å². The van der Waals surface area contributed by atoms with Crippen LogP contribution in [0.1, 0.15) is 88.5 Å². The van der Waals surface area contributed by atoms with Crippen LogP contribution in [0.5, 0.6) is 0 Å². The second-order valence-electron chi connectivity index (χ2n) is 7.03. The summed E-state index contributed by atoms with van der Waals surface area (Å²) in [5, 5.41) is 39.6. The first-order valence-corrected chi connectivity index (χ1v) is 8.69. The van der Waals surface area contributed by atoms with Crippen LogP contribution in [-0.2, 0) is 26.5 Å². The Balaban J connectivity index is -0.0000000850. The van der Waals surface area contributed by atoms with Crippen LogP contribution in [-0.4, -0.2) is 23.9 Å². The van der Waals surface area contributed by atoms with E-state index >= 15 is 0 Å². The van der Waals surface area contributed by atoms with Gasteiger partial charge in [-0.15, -0.1) is 18.3 Å². The number of hydrogen-bond donors (Lipinski definition) is 0. The Kier molecular flexibility index (Phi) is 34.4.